The van der Waals surface area contributed by atoms with Crippen molar-refractivity contribution in [3.8, 4) is 5.75 Å². The predicted molar refractivity (Wildman–Crippen MR) is 62.7 cm³/mol. The Morgan fingerprint density at radius 3 is 2.56 bits per heavy atom. The van der Waals surface area contributed by atoms with Crippen LogP contribution < -0.4 is 10.5 Å². The lowest BCUT2D eigenvalue weighted by Crippen LogP contribution is -2.06. The number of ketones is 1. The Hall–Kier alpha value is -1.35. The largest absolute Gasteiger partial charge is 0.494 e. The average molecular weight is 219 g/mol. The third-order valence-corrected chi connectivity index (χ3v) is 2.70. The van der Waals surface area contributed by atoms with Gasteiger partial charge in [-0.2, -0.15) is 0 Å². The number of Topliss-reactive ketones (excluding diaryl/α,β-unsaturated/α-hetero) is 1. The molecule has 3 heteroatoms. The lowest BCUT2D eigenvalue weighted by atomic mass is 10.1. The van der Waals surface area contributed by atoms with Crippen molar-refractivity contribution in [1.29, 1.82) is 0 Å². The lowest BCUT2D eigenvalue weighted by Gasteiger charge is -2.05. The number of nitrogens with two attached hydrogens (primary N) is 1. The number of hydrogen-bond acceptors (Lipinski definition) is 3. The summed E-state index contributed by atoms with van der Waals surface area (Å²) in [5.74, 6) is 1.36. The molecule has 3 nitrogen and oxygen atoms in total. The molecule has 1 aromatic rings. The SMILES string of the molecule is NCCCOc1ccc(C(=O)C2CC2)cc1. The van der Waals surface area contributed by atoms with E-state index in [1.807, 2.05) is 24.3 Å². The number of rotatable bonds is 6. The van der Waals surface area contributed by atoms with E-state index in [1.165, 1.54) is 0 Å². The molecule has 1 aromatic carbocycles. The van der Waals surface area contributed by atoms with E-state index in [4.69, 9.17) is 10.5 Å². The third-order valence-electron chi connectivity index (χ3n) is 2.70. The minimum absolute atomic E-state index is 0.272. The number of hydrogen-bond donors (Lipinski definition) is 1. The van der Waals surface area contributed by atoms with Crippen molar-refractivity contribution >= 4 is 5.78 Å². The molecular formula is C13H17NO2. The molecule has 0 atom stereocenters. The third kappa shape index (κ3) is 2.83. The van der Waals surface area contributed by atoms with E-state index in [2.05, 4.69) is 0 Å². The summed E-state index contributed by atoms with van der Waals surface area (Å²) in [7, 11) is 0. The normalized spacial score (nSPS) is 14.8. The highest BCUT2D eigenvalue weighted by molar-refractivity contribution is 5.99. The molecule has 0 radical (unpaired) electrons. The maximum absolute atomic E-state index is 11.7. The smallest absolute Gasteiger partial charge is 0.165 e. The second kappa shape index (κ2) is 5.12. The summed E-state index contributed by atoms with van der Waals surface area (Å²) < 4.78 is 5.47. The molecule has 0 spiro atoms. The average Bonchev–Trinajstić information content (AvgIpc) is 3.13. The quantitative estimate of drug-likeness (QED) is 0.588. The summed E-state index contributed by atoms with van der Waals surface area (Å²) in [5, 5.41) is 0. The Morgan fingerprint density at radius 1 is 1.31 bits per heavy atom. The number of benzene rings is 1. The van der Waals surface area contributed by atoms with Crippen LogP contribution in [0, 0.1) is 5.92 Å². The van der Waals surface area contributed by atoms with Crippen LogP contribution in [-0.2, 0) is 0 Å². The van der Waals surface area contributed by atoms with Crippen LogP contribution in [0.3, 0.4) is 0 Å². The summed E-state index contributed by atoms with van der Waals surface area (Å²) in [4.78, 5) is 11.7. The molecule has 1 saturated carbocycles. The monoisotopic (exact) mass is 219 g/mol. The van der Waals surface area contributed by atoms with Gasteiger partial charge in [0.25, 0.3) is 0 Å². The molecule has 1 aliphatic rings. The minimum atomic E-state index is 0.272. The maximum atomic E-state index is 11.7. The molecule has 0 aliphatic heterocycles. The molecule has 0 aromatic heterocycles. The topological polar surface area (TPSA) is 52.3 Å². The molecule has 0 amide bonds. The second-order valence-corrected chi connectivity index (χ2v) is 4.15. The zero-order chi connectivity index (χ0) is 11.4. The Labute approximate surface area is 95.6 Å². The predicted octanol–water partition coefficient (Wildman–Crippen LogP) is 2.01. The van der Waals surface area contributed by atoms with E-state index < -0.39 is 0 Å². The molecule has 0 saturated heterocycles. The van der Waals surface area contributed by atoms with E-state index in [0.29, 0.717) is 13.2 Å². The molecule has 0 heterocycles. The summed E-state index contributed by atoms with van der Waals surface area (Å²) in [6.45, 7) is 1.27. The van der Waals surface area contributed by atoms with Gasteiger partial charge in [-0.1, -0.05) is 0 Å². The fraction of sp³-hybridized carbons (Fsp3) is 0.462. The van der Waals surface area contributed by atoms with Gasteiger partial charge in [0.1, 0.15) is 5.75 Å². The number of carbonyl (C=O) groups is 1. The van der Waals surface area contributed by atoms with Gasteiger partial charge >= 0.3 is 0 Å². The first kappa shape index (κ1) is 11.1. The van der Waals surface area contributed by atoms with E-state index in [-0.39, 0.29) is 11.7 Å². The Bertz CT molecular complexity index is 355. The van der Waals surface area contributed by atoms with Crippen LogP contribution in [0.1, 0.15) is 29.6 Å². The molecule has 86 valence electrons. The van der Waals surface area contributed by atoms with Crippen LogP contribution >= 0.6 is 0 Å². The van der Waals surface area contributed by atoms with Crippen LogP contribution in [0.4, 0.5) is 0 Å². The van der Waals surface area contributed by atoms with Gasteiger partial charge in [0.2, 0.25) is 0 Å². The zero-order valence-electron chi connectivity index (χ0n) is 9.32. The van der Waals surface area contributed by atoms with Gasteiger partial charge in [0.15, 0.2) is 5.78 Å². The zero-order valence-corrected chi connectivity index (χ0v) is 9.32. The lowest BCUT2D eigenvalue weighted by molar-refractivity contribution is 0.0967. The minimum Gasteiger partial charge on any atom is -0.494 e. The summed E-state index contributed by atoms with van der Waals surface area (Å²) in [6, 6.07) is 7.40. The summed E-state index contributed by atoms with van der Waals surface area (Å²) >= 11 is 0. The summed E-state index contributed by atoms with van der Waals surface area (Å²) in [5.41, 5.74) is 6.17. The Morgan fingerprint density at radius 2 is 2.00 bits per heavy atom. The first-order valence-corrected chi connectivity index (χ1v) is 5.78. The van der Waals surface area contributed by atoms with Gasteiger partial charge in [0, 0.05) is 11.5 Å². The van der Waals surface area contributed by atoms with Gasteiger partial charge in [-0.05, 0) is 50.1 Å². The van der Waals surface area contributed by atoms with Gasteiger partial charge < -0.3 is 10.5 Å². The Kier molecular flexibility index (Phi) is 3.57. The summed E-state index contributed by atoms with van der Waals surface area (Å²) in [6.07, 6.45) is 2.95. The van der Waals surface area contributed by atoms with E-state index in [0.717, 1.165) is 30.6 Å². The molecular weight excluding hydrogens is 202 g/mol. The highest BCUT2D eigenvalue weighted by Crippen LogP contribution is 2.32. The molecule has 1 fully saturated rings. The molecule has 2 rings (SSSR count). The van der Waals surface area contributed by atoms with E-state index in [9.17, 15) is 4.79 Å². The van der Waals surface area contributed by atoms with Crippen LogP contribution in [0.25, 0.3) is 0 Å². The molecule has 0 bridgehead atoms. The van der Waals surface area contributed by atoms with Gasteiger partial charge in [-0.25, -0.2) is 0 Å². The van der Waals surface area contributed by atoms with Crippen molar-refractivity contribution in [2.75, 3.05) is 13.2 Å². The van der Waals surface area contributed by atoms with Crippen molar-refractivity contribution in [2.24, 2.45) is 11.7 Å². The molecule has 1 aliphatic carbocycles. The van der Waals surface area contributed by atoms with Crippen molar-refractivity contribution in [3.05, 3.63) is 29.8 Å². The molecule has 16 heavy (non-hydrogen) atoms. The van der Waals surface area contributed by atoms with Crippen LogP contribution in [0.15, 0.2) is 24.3 Å². The van der Waals surface area contributed by atoms with Crippen LogP contribution in [-0.4, -0.2) is 18.9 Å². The van der Waals surface area contributed by atoms with Crippen LogP contribution in [0.2, 0.25) is 0 Å². The Balaban J connectivity index is 1.90. The fourth-order valence-corrected chi connectivity index (χ4v) is 1.57. The number of ether oxygens (including phenoxy) is 1. The molecule has 0 unspecified atom stereocenters. The van der Waals surface area contributed by atoms with Gasteiger partial charge in [-0.3, -0.25) is 4.79 Å². The first-order chi connectivity index (χ1) is 7.81. The fourth-order valence-electron chi connectivity index (χ4n) is 1.57. The highest BCUT2D eigenvalue weighted by Gasteiger charge is 2.30. The number of carbonyl (C=O) groups excluding carboxylic acids is 1. The van der Waals surface area contributed by atoms with E-state index >= 15 is 0 Å². The van der Waals surface area contributed by atoms with Crippen molar-refractivity contribution < 1.29 is 9.53 Å². The second-order valence-electron chi connectivity index (χ2n) is 4.15. The van der Waals surface area contributed by atoms with Gasteiger partial charge in [0.05, 0.1) is 6.61 Å². The van der Waals surface area contributed by atoms with Crippen LogP contribution in [0.5, 0.6) is 5.75 Å². The molecule has 2 N–H and O–H groups in total. The van der Waals surface area contributed by atoms with Crippen molar-refractivity contribution in [2.45, 2.75) is 19.3 Å². The van der Waals surface area contributed by atoms with Gasteiger partial charge in [-0.15, -0.1) is 0 Å². The van der Waals surface area contributed by atoms with Crippen molar-refractivity contribution in [3.63, 3.8) is 0 Å². The first-order valence-electron chi connectivity index (χ1n) is 5.78. The van der Waals surface area contributed by atoms with Crippen molar-refractivity contribution in [1.82, 2.24) is 0 Å². The highest BCUT2D eigenvalue weighted by atomic mass is 16.5. The standard InChI is InChI=1S/C13H17NO2/c14-8-1-9-16-12-6-4-11(5-7-12)13(15)10-2-3-10/h4-7,10H,1-3,8-9,14H2. The van der Waals surface area contributed by atoms with E-state index in [1.54, 1.807) is 0 Å². The maximum Gasteiger partial charge on any atom is 0.165 e.